The first-order valence-electron chi connectivity index (χ1n) is 12.7. The zero-order valence-electron chi connectivity index (χ0n) is 22.6. The van der Waals surface area contributed by atoms with Crippen molar-refractivity contribution in [3.05, 3.63) is 35.3 Å². The average Bonchev–Trinajstić information content (AvgIpc) is 3.29. The Morgan fingerprint density at radius 3 is 2.45 bits per heavy atom. The number of hydrazine groups is 1. The second-order valence-electron chi connectivity index (χ2n) is 9.88. The van der Waals surface area contributed by atoms with Crippen LogP contribution in [0.4, 0.5) is 29.2 Å². The summed E-state index contributed by atoms with van der Waals surface area (Å²) in [6.45, 7) is 2.57. The number of piperazine rings is 1. The van der Waals surface area contributed by atoms with Crippen LogP contribution < -0.4 is 24.9 Å². The number of hydrogen-bond acceptors (Lipinski definition) is 10. The number of methoxy groups -OCH3 is 1. The van der Waals surface area contributed by atoms with Crippen LogP contribution in [0, 0.1) is 5.82 Å². The summed E-state index contributed by atoms with van der Waals surface area (Å²) in [6, 6.07) is 1.36. The Kier molecular flexibility index (Phi) is 10.6. The van der Waals surface area contributed by atoms with E-state index in [4.69, 9.17) is 9.47 Å². The Labute approximate surface area is 241 Å². The Morgan fingerprint density at radius 1 is 1.14 bits per heavy atom. The first kappa shape index (κ1) is 33.2. The van der Waals surface area contributed by atoms with Crippen molar-refractivity contribution in [1.82, 2.24) is 30.0 Å². The quantitative estimate of drug-likeness (QED) is 0.359. The number of sulfonamides is 1. The lowest BCUT2D eigenvalue weighted by molar-refractivity contribution is -0.140. The smallest absolute Gasteiger partial charge is 0.423 e. The minimum Gasteiger partial charge on any atom is -0.495 e. The molecule has 2 aromatic rings. The lowest BCUT2D eigenvalue weighted by Gasteiger charge is -2.32. The van der Waals surface area contributed by atoms with Crippen LogP contribution in [-0.4, -0.2) is 92.9 Å². The van der Waals surface area contributed by atoms with Crippen LogP contribution in [0.1, 0.15) is 42.6 Å². The number of rotatable bonds is 9. The fourth-order valence-corrected chi connectivity index (χ4v) is 5.39. The summed E-state index contributed by atoms with van der Waals surface area (Å²) in [4.78, 5) is 22.4. The van der Waals surface area contributed by atoms with Crippen LogP contribution >= 0.6 is 0 Å². The molecule has 4 rings (SSSR count). The highest BCUT2D eigenvalue weighted by Crippen LogP contribution is 2.38. The Bertz CT molecular complexity index is 1370. The lowest BCUT2D eigenvalue weighted by Crippen LogP contribution is -2.52. The van der Waals surface area contributed by atoms with Crippen molar-refractivity contribution >= 4 is 27.6 Å². The first-order valence-corrected chi connectivity index (χ1v) is 14.6. The van der Waals surface area contributed by atoms with Gasteiger partial charge >= 0.3 is 6.18 Å². The molecule has 1 aromatic heterocycles. The third-order valence-electron chi connectivity index (χ3n) is 6.68. The fourth-order valence-electron chi connectivity index (χ4n) is 4.57. The molecule has 1 aromatic carbocycles. The molecule has 3 N–H and O–H groups in total. The number of benzene rings is 1. The molecule has 234 valence electrons. The van der Waals surface area contributed by atoms with Gasteiger partial charge in [-0.15, -0.1) is 0 Å². The molecule has 0 spiro atoms. The molecule has 2 aliphatic rings. The zero-order chi connectivity index (χ0) is 29.9. The molecule has 2 heterocycles. The van der Waals surface area contributed by atoms with Gasteiger partial charge in [0.2, 0.25) is 21.9 Å². The van der Waals surface area contributed by atoms with Gasteiger partial charge in [0.25, 0.3) is 5.91 Å². The number of likely N-dealkylation sites (N-methyl/N-ethyl adjacent to an activating group) is 1. The first-order chi connectivity index (χ1) is 19.2. The fraction of sp³-hybridized carbons (Fsp3) is 0.560. The molecule has 1 amide bonds. The normalized spacial score (nSPS) is 20.1. The third kappa shape index (κ3) is 8.39. The van der Waals surface area contributed by atoms with Gasteiger partial charge in [0.15, 0.2) is 0 Å². The minimum atomic E-state index is -4.87. The molecule has 1 saturated carbocycles. The van der Waals surface area contributed by atoms with Crippen molar-refractivity contribution in [2.45, 2.75) is 45.0 Å². The van der Waals surface area contributed by atoms with Crippen LogP contribution in [0.5, 0.6) is 11.6 Å². The van der Waals surface area contributed by atoms with Gasteiger partial charge in [-0.2, -0.15) is 18.2 Å². The molecule has 0 radical (unpaired) electrons. The van der Waals surface area contributed by atoms with Gasteiger partial charge in [-0.3, -0.25) is 10.2 Å². The summed E-state index contributed by atoms with van der Waals surface area (Å²) in [7, 11) is -0.406. The maximum absolute atomic E-state index is 15.0. The number of nitrogens with one attached hydrogen (secondary N) is 3. The predicted molar refractivity (Wildman–Crippen MR) is 147 cm³/mol. The number of carbonyl (C=O) groups is 1. The van der Waals surface area contributed by atoms with Gasteiger partial charge in [-0.1, -0.05) is 7.43 Å². The highest BCUT2D eigenvalue weighted by Gasteiger charge is 2.39. The summed E-state index contributed by atoms with van der Waals surface area (Å²) >= 11 is 0. The second kappa shape index (κ2) is 13.4. The van der Waals surface area contributed by atoms with Gasteiger partial charge in [-0.25, -0.2) is 27.5 Å². The van der Waals surface area contributed by atoms with E-state index in [-0.39, 0.29) is 30.4 Å². The lowest BCUT2D eigenvalue weighted by atomic mass is 10.1. The van der Waals surface area contributed by atoms with Crippen LogP contribution in [0.25, 0.3) is 0 Å². The Morgan fingerprint density at radius 2 is 1.83 bits per heavy atom. The topological polar surface area (TPSA) is 138 Å². The molecule has 12 nitrogen and oxygen atoms in total. The van der Waals surface area contributed by atoms with Crippen molar-refractivity contribution in [1.29, 1.82) is 0 Å². The van der Waals surface area contributed by atoms with Gasteiger partial charge in [0.05, 0.1) is 30.7 Å². The molecule has 1 aliphatic heterocycles. The van der Waals surface area contributed by atoms with E-state index >= 15 is 4.39 Å². The van der Waals surface area contributed by atoms with Crippen LogP contribution in [-0.2, 0) is 16.2 Å². The standard InChI is InChI=1S/C24H31F4N7O5S.CH4/c1-34-7-9-35(10-8-34)32-21(36)14-11-20(39-2)18(12-16(14)25)30-23-29-13-15(24(26,27)28)22(31-23)40-19-6-4-5-17(19)33-41(3,37)38;/h11-13,17,19,33H,4-10H2,1-3H3,(H,32,36)(H,29,30,31);1H4/t17-,19-;/m1./s1. The van der Waals surface area contributed by atoms with E-state index in [2.05, 4.69) is 30.3 Å². The third-order valence-corrected chi connectivity index (χ3v) is 7.41. The highest BCUT2D eigenvalue weighted by molar-refractivity contribution is 7.88. The van der Waals surface area contributed by atoms with Crippen molar-refractivity contribution in [2.24, 2.45) is 0 Å². The number of anilines is 2. The summed E-state index contributed by atoms with van der Waals surface area (Å²) in [5, 5.41) is 4.30. The van der Waals surface area contributed by atoms with Gasteiger partial charge < -0.3 is 19.7 Å². The molecule has 1 saturated heterocycles. The van der Waals surface area contributed by atoms with Crippen molar-refractivity contribution < 1.29 is 40.2 Å². The number of halogens is 4. The van der Waals surface area contributed by atoms with Crippen LogP contribution in [0.2, 0.25) is 0 Å². The monoisotopic (exact) mass is 621 g/mol. The maximum atomic E-state index is 15.0. The largest absolute Gasteiger partial charge is 0.495 e. The molecular formula is C25H35F4N7O5S. The van der Waals surface area contributed by atoms with Gasteiger partial charge in [0, 0.05) is 38.4 Å². The van der Waals surface area contributed by atoms with E-state index in [0.717, 1.165) is 31.5 Å². The predicted octanol–water partition coefficient (Wildman–Crippen LogP) is 2.76. The molecule has 1 aliphatic carbocycles. The van der Waals surface area contributed by atoms with Crippen LogP contribution in [0.3, 0.4) is 0 Å². The minimum absolute atomic E-state index is 0. The van der Waals surface area contributed by atoms with Crippen molar-refractivity contribution in [3.8, 4) is 11.6 Å². The van der Waals surface area contributed by atoms with E-state index in [1.807, 2.05) is 7.05 Å². The number of ether oxygens (including phenoxy) is 2. The number of hydrogen-bond donors (Lipinski definition) is 3. The van der Waals surface area contributed by atoms with E-state index in [1.165, 1.54) is 7.11 Å². The van der Waals surface area contributed by atoms with E-state index in [9.17, 15) is 26.4 Å². The summed E-state index contributed by atoms with van der Waals surface area (Å²) in [5.41, 5.74) is 1.05. The molecule has 17 heteroatoms. The van der Waals surface area contributed by atoms with Crippen molar-refractivity contribution in [2.75, 3.05) is 51.9 Å². The van der Waals surface area contributed by atoms with Crippen molar-refractivity contribution in [3.63, 3.8) is 0 Å². The van der Waals surface area contributed by atoms with E-state index < -0.39 is 51.5 Å². The summed E-state index contributed by atoms with van der Waals surface area (Å²) < 4.78 is 92.8. The SMILES string of the molecule is C.COc1cc(C(=O)NN2CCN(C)CC2)c(F)cc1Nc1ncc(C(F)(F)F)c(O[C@@H]2CCC[C@H]2NS(C)(=O)=O)n1. The molecule has 2 fully saturated rings. The molecule has 42 heavy (non-hydrogen) atoms. The maximum Gasteiger partial charge on any atom is 0.423 e. The molecule has 0 bridgehead atoms. The average molecular weight is 622 g/mol. The number of carbonyl (C=O) groups excluding carboxylic acids is 1. The van der Waals surface area contributed by atoms with E-state index in [1.54, 1.807) is 5.01 Å². The summed E-state index contributed by atoms with van der Waals surface area (Å²) in [5.74, 6) is -2.78. The second-order valence-corrected chi connectivity index (χ2v) is 11.7. The number of aromatic nitrogens is 2. The summed E-state index contributed by atoms with van der Waals surface area (Å²) in [6.07, 6.45) is -3.11. The highest BCUT2D eigenvalue weighted by atomic mass is 32.2. The number of nitrogens with zero attached hydrogens (tertiary/aromatic N) is 4. The molecule has 2 atom stereocenters. The zero-order valence-corrected chi connectivity index (χ0v) is 23.4. The number of amides is 1. The molecule has 0 unspecified atom stereocenters. The molecular weight excluding hydrogens is 586 g/mol. The Balaban J connectivity index is 0.00000484. The van der Waals surface area contributed by atoms with Gasteiger partial charge in [0.1, 0.15) is 23.2 Å². The van der Waals surface area contributed by atoms with E-state index in [0.29, 0.717) is 38.5 Å². The van der Waals surface area contributed by atoms with Gasteiger partial charge in [-0.05, 0) is 32.4 Å². The Hall–Kier alpha value is -3.28. The van der Waals surface area contributed by atoms with Crippen LogP contribution in [0.15, 0.2) is 18.3 Å². The number of alkyl halides is 3.